The molecule has 0 aliphatic rings. The molecule has 0 heterocycles. The maximum absolute atomic E-state index is 12.0. The number of amides is 1. The number of methoxy groups -OCH3 is 3. The fourth-order valence-corrected chi connectivity index (χ4v) is 1.55. The number of nitrogens with one attached hydrogen (secondary N) is 1. The zero-order valence-electron chi connectivity index (χ0n) is 11.7. The van der Waals surface area contributed by atoms with Crippen molar-refractivity contribution >= 4 is 17.6 Å². The van der Waals surface area contributed by atoms with Crippen LogP contribution < -0.4 is 20.5 Å². The van der Waals surface area contributed by atoms with Crippen LogP contribution in [0.2, 0.25) is 0 Å². The Morgan fingerprint density at radius 3 is 2.45 bits per heavy atom. The van der Waals surface area contributed by atoms with Crippen molar-refractivity contribution in [2.24, 2.45) is 0 Å². The Morgan fingerprint density at radius 2 is 1.90 bits per heavy atom. The summed E-state index contributed by atoms with van der Waals surface area (Å²) in [5.74, 6) is -0.0123. The summed E-state index contributed by atoms with van der Waals surface area (Å²) in [6.45, 7) is 0.157. The molecule has 0 saturated carbocycles. The van der Waals surface area contributed by atoms with Gasteiger partial charge in [-0.2, -0.15) is 0 Å². The SMILES string of the molecule is COC(=O)CCNC(=O)c1cc(OC)cc(OC)c1N. The standard InChI is InChI=1S/C13H18N2O5/c1-18-8-6-9(12(14)10(7-8)19-2)13(17)15-5-4-11(16)20-3/h6-7H,4-5,14H2,1-3H3,(H,15,17). The second kappa shape index (κ2) is 7.22. The molecule has 0 aromatic heterocycles. The van der Waals surface area contributed by atoms with E-state index >= 15 is 0 Å². The second-order valence-electron chi connectivity index (χ2n) is 3.87. The maximum Gasteiger partial charge on any atom is 0.307 e. The van der Waals surface area contributed by atoms with E-state index in [9.17, 15) is 9.59 Å². The Bertz CT molecular complexity index is 502. The van der Waals surface area contributed by atoms with E-state index in [2.05, 4.69) is 10.1 Å². The number of esters is 1. The van der Waals surface area contributed by atoms with E-state index in [1.165, 1.54) is 27.4 Å². The van der Waals surface area contributed by atoms with Crippen LogP contribution in [0.15, 0.2) is 12.1 Å². The minimum absolute atomic E-state index is 0.0866. The third-order valence-corrected chi connectivity index (χ3v) is 2.66. The van der Waals surface area contributed by atoms with Crippen LogP contribution in [-0.4, -0.2) is 39.8 Å². The first-order valence-electron chi connectivity index (χ1n) is 5.90. The summed E-state index contributed by atoms with van der Waals surface area (Å²) in [4.78, 5) is 23.0. The predicted molar refractivity (Wildman–Crippen MR) is 72.9 cm³/mol. The molecule has 0 fully saturated rings. The van der Waals surface area contributed by atoms with Crippen LogP contribution in [0.25, 0.3) is 0 Å². The Morgan fingerprint density at radius 1 is 1.20 bits per heavy atom. The second-order valence-corrected chi connectivity index (χ2v) is 3.87. The van der Waals surface area contributed by atoms with Crippen LogP contribution in [0, 0.1) is 0 Å². The van der Waals surface area contributed by atoms with Gasteiger partial charge in [-0.15, -0.1) is 0 Å². The van der Waals surface area contributed by atoms with E-state index in [-0.39, 0.29) is 24.2 Å². The van der Waals surface area contributed by atoms with Gasteiger partial charge in [0, 0.05) is 12.6 Å². The highest BCUT2D eigenvalue weighted by Gasteiger charge is 2.16. The van der Waals surface area contributed by atoms with Gasteiger partial charge in [0.15, 0.2) is 0 Å². The van der Waals surface area contributed by atoms with E-state index in [1.807, 2.05) is 0 Å². The predicted octanol–water partition coefficient (Wildman–Crippen LogP) is 0.579. The number of carbonyl (C=O) groups excluding carboxylic acids is 2. The van der Waals surface area contributed by atoms with E-state index in [4.69, 9.17) is 15.2 Å². The molecule has 1 rings (SSSR count). The van der Waals surface area contributed by atoms with Gasteiger partial charge in [-0.25, -0.2) is 0 Å². The highest BCUT2D eigenvalue weighted by atomic mass is 16.5. The molecule has 7 heteroatoms. The molecule has 0 radical (unpaired) electrons. The zero-order valence-corrected chi connectivity index (χ0v) is 11.7. The number of ether oxygens (including phenoxy) is 3. The van der Waals surface area contributed by atoms with Crippen molar-refractivity contribution < 1.29 is 23.8 Å². The van der Waals surface area contributed by atoms with Crippen LogP contribution in [0.5, 0.6) is 11.5 Å². The molecular weight excluding hydrogens is 264 g/mol. The van der Waals surface area contributed by atoms with Crippen LogP contribution >= 0.6 is 0 Å². The van der Waals surface area contributed by atoms with Crippen molar-refractivity contribution in [3.63, 3.8) is 0 Å². The maximum atomic E-state index is 12.0. The van der Waals surface area contributed by atoms with Gasteiger partial charge in [0.05, 0.1) is 39.0 Å². The third-order valence-electron chi connectivity index (χ3n) is 2.66. The molecule has 0 unspecified atom stereocenters. The summed E-state index contributed by atoms with van der Waals surface area (Å²) in [5.41, 5.74) is 6.28. The molecule has 0 atom stereocenters. The van der Waals surface area contributed by atoms with Crippen LogP contribution in [0.3, 0.4) is 0 Å². The lowest BCUT2D eigenvalue weighted by molar-refractivity contribution is -0.140. The molecule has 110 valence electrons. The molecule has 0 aliphatic heterocycles. The quantitative estimate of drug-likeness (QED) is 0.585. The van der Waals surface area contributed by atoms with Crippen molar-refractivity contribution in [2.75, 3.05) is 33.6 Å². The van der Waals surface area contributed by atoms with Crippen LogP contribution in [0.1, 0.15) is 16.8 Å². The van der Waals surface area contributed by atoms with E-state index in [0.29, 0.717) is 11.5 Å². The average Bonchev–Trinajstić information content (AvgIpc) is 2.47. The number of benzene rings is 1. The van der Waals surface area contributed by atoms with E-state index in [0.717, 1.165) is 0 Å². The molecule has 20 heavy (non-hydrogen) atoms. The number of nitrogen functional groups attached to an aromatic ring is 1. The van der Waals surface area contributed by atoms with Gasteiger partial charge in [-0.1, -0.05) is 0 Å². The third kappa shape index (κ3) is 3.78. The number of hydrogen-bond donors (Lipinski definition) is 2. The molecule has 0 aliphatic carbocycles. The van der Waals surface area contributed by atoms with Crippen molar-refractivity contribution in [1.29, 1.82) is 0 Å². The normalized spacial score (nSPS) is 9.75. The number of anilines is 1. The van der Waals surface area contributed by atoms with E-state index in [1.54, 1.807) is 6.07 Å². The molecule has 1 aromatic carbocycles. The molecule has 0 bridgehead atoms. The zero-order chi connectivity index (χ0) is 15.1. The lowest BCUT2D eigenvalue weighted by Gasteiger charge is -2.12. The van der Waals surface area contributed by atoms with Gasteiger partial charge in [0.25, 0.3) is 5.91 Å². The first-order chi connectivity index (χ1) is 9.53. The van der Waals surface area contributed by atoms with Crippen molar-refractivity contribution in [2.45, 2.75) is 6.42 Å². The minimum Gasteiger partial charge on any atom is -0.497 e. The van der Waals surface area contributed by atoms with Gasteiger partial charge < -0.3 is 25.3 Å². The highest BCUT2D eigenvalue weighted by Crippen LogP contribution is 2.30. The van der Waals surface area contributed by atoms with Crippen molar-refractivity contribution in [3.8, 4) is 11.5 Å². The minimum atomic E-state index is -0.413. The van der Waals surface area contributed by atoms with Gasteiger partial charge in [-0.05, 0) is 6.07 Å². The van der Waals surface area contributed by atoms with Gasteiger partial charge in [0.2, 0.25) is 0 Å². The number of carbonyl (C=O) groups is 2. The summed E-state index contributed by atoms with van der Waals surface area (Å²) in [5, 5.41) is 2.58. The van der Waals surface area contributed by atoms with Crippen molar-refractivity contribution in [1.82, 2.24) is 5.32 Å². The van der Waals surface area contributed by atoms with Gasteiger partial charge in [0.1, 0.15) is 11.5 Å². The molecular formula is C13H18N2O5. The van der Waals surface area contributed by atoms with Gasteiger partial charge >= 0.3 is 5.97 Å². The monoisotopic (exact) mass is 282 g/mol. The molecule has 1 amide bonds. The number of rotatable bonds is 6. The molecule has 3 N–H and O–H groups in total. The largest absolute Gasteiger partial charge is 0.497 e. The molecule has 7 nitrogen and oxygen atoms in total. The fourth-order valence-electron chi connectivity index (χ4n) is 1.55. The van der Waals surface area contributed by atoms with Gasteiger partial charge in [-0.3, -0.25) is 9.59 Å². The Kier molecular flexibility index (Phi) is 5.64. The summed E-state index contributed by atoms with van der Waals surface area (Å²) in [7, 11) is 4.21. The average molecular weight is 282 g/mol. The lowest BCUT2D eigenvalue weighted by Crippen LogP contribution is -2.27. The first kappa shape index (κ1) is 15.6. The van der Waals surface area contributed by atoms with Crippen molar-refractivity contribution in [3.05, 3.63) is 17.7 Å². The Labute approximate surface area is 117 Å². The highest BCUT2D eigenvalue weighted by molar-refractivity contribution is 6.01. The molecule has 0 saturated heterocycles. The van der Waals surface area contributed by atoms with E-state index < -0.39 is 11.9 Å². The summed E-state index contributed by atoms with van der Waals surface area (Å²) in [6.07, 6.45) is 0.0866. The fraction of sp³-hybridized carbons (Fsp3) is 0.385. The number of hydrogen-bond acceptors (Lipinski definition) is 6. The summed E-state index contributed by atoms with van der Waals surface area (Å²) in [6, 6.07) is 3.09. The lowest BCUT2D eigenvalue weighted by atomic mass is 10.1. The Balaban J connectivity index is 2.84. The first-order valence-corrected chi connectivity index (χ1v) is 5.90. The molecule has 0 spiro atoms. The smallest absolute Gasteiger partial charge is 0.307 e. The van der Waals surface area contributed by atoms with Crippen LogP contribution in [-0.2, 0) is 9.53 Å². The summed E-state index contributed by atoms with van der Waals surface area (Å²) < 4.78 is 14.6. The van der Waals surface area contributed by atoms with Crippen LogP contribution in [0.4, 0.5) is 5.69 Å². The topological polar surface area (TPSA) is 99.9 Å². The number of nitrogens with two attached hydrogens (primary N) is 1. The Hall–Kier alpha value is -2.44. The molecule has 1 aromatic rings. The summed E-state index contributed by atoms with van der Waals surface area (Å²) >= 11 is 0.